The first-order valence-corrected chi connectivity index (χ1v) is 10.2. The topological polar surface area (TPSA) is 61.2 Å². The van der Waals surface area contributed by atoms with Crippen molar-refractivity contribution in [3.8, 4) is 6.07 Å². The summed E-state index contributed by atoms with van der Waals surface area (Å²) in [6, 6.07) is 5.72. The van der Waals surface area contributed by atoms with Crippen LogP contribution >= 0.6 is 0 Å². The summed E-state index contributed by atoms with van der Waals surface area (Å²) in [5.41, 5.74) is 2.10. The zero-order valence-corrected chi connectivity index (χ0v) is 16.6. The first-order chi connectivity index (χ1) is 11.2. The molecule has 0 N–H and O–H groups in total. The van der Waals surface area contributed by atoms with Gasteiger partial charge in [0.15, 0.2) is 0 Å². The molecule has 0 aliphatic carbocycles. The van der Waals surface area contributed by atoms with Crippen LogP contribution in [0.25, 0.3) is 0 Å². The van der Waals surface area contributed by atoms with Crippen molar-refractivity contribution in [2.75, 3.05) is 13.1 Å². The molecule has 0 aromatic heterocycles. The van der Waals surface area contributed by atoms with Crippen LogP contribution in [0.2, 0.25) is 0 Å². The number of benzene rings is 1. The van der Waals surface area contributed by atoms with Gasteiger partial charge in [0.1, 0.15) is 0 Å². The summed E-state index contributed by atoms with van der Waals surface area (Å²) in [7, 11) is -3.56. The molecule has 134 valence electrons. The third-order valence-electron chi connectivity index (χ3n) is 4.11. The minimum Gasteiger partial charge on any atom is -0.207 e. The van der Waals surface area contributed by atoms with Crippen LogP contribution in [0.1, 0.15) is 82.9 Å². The van der Waals surface area contributed by atoms with Crippen LogP contribution < -0.4 is 0 Å². The molecule has 1 aromatic carbocycles. The van der Waals surface area contributed by atoms with Crippen LogP contribution in [-0.4, -0.2) is 25.8 Å². The van der Waals surface area contributed by atoms with E-state index in [-0.39, 0.29) is 11.8 Å². The summed E-state index contributed by atoms with van der Waals surface area (Å²) in [6.45, 7) is 12.9. The molecule has 0 fully saturated rings. The lowest BCUT2D eigenvalue weighted by atomic mass is 9.92. The van der Waals surface area contributed by atoms with Crippen molar-refractivity contribution in [1.82, 2.24) is 4.31 Å². The van der Waals surface area contributed by atoms with Crippen LogP contribution in [0.5, 0.6) is 0 Å². The van der Waals surface area contributed by atoms with E-state index in [9.17, 15) is 13.7 Å². The number of rotatable bonds is 8. The number of nitrogens with zero attached hydrogens (tertiary/aromatic N) is 2. The average Bonchev–Trinajstić information content (AvgIpc) is 2.52. The Morgan fingerprint density at radius 1 is 1.00 bits per heavy atom. The van der Waals surface area contributed by atoms with Crippen LogP contribution in [-0.2, 0) is 10.0 Å². The van der Waals surface area contributed by atoms with Crippen LogP contribution in [0.4, 0.5) is 0 Å². The number of hydrogen-bond donors (Lipinski definition) is 0. The minimum atomic E-state index is -3.56. The smallest absolute Gasteiger partial charge is 0.207 e. The number of nitriles is 1. The van der Waals surface area contributed by atoms with Gasteiger partial charge in [-0.2, -0.15) is 9.57 Å². The molecular weight excluding hydrogens is 320 g/mol. The van der Waals surface area contributed by atoms with E-state index in [0.717, 1.165) is 24.0 Å². The Hall–Kier alpha value is -1.38. The van der Waals surface area contributed by atoms with Crippen molar-refractivity contribution < 1.29 is 8.42 Å². The number of sulfonamides is 1. The molecule has 0 atom stereocenters. The highest BCUT2D eigenvalue weighted by atomic mass is 32.2. The fraction of sp³-hybridized carbons (Fsp3) is 0.632. The summed E-state index contributed by atoms with van der Waals surface area (Å²) in [6.07, 6.45) is 1.56. The Morgan fingerprint density at radius 2 is 1.50 bits per heavy atom. The standard InChI is InChI=1S/C19H30N2O2S/c1-7-9-21(10-8-2)24(22,23)19-12-17(14(3)4)16(13-20)11-18(19)15(5)6/h11-12,14-15H,7-10H2,1-6H3. The van der Waals surface area contributed by atoms with E-state index in [0.29, 0.717) is 23.5 Å². The monoisotopic (exact) mass is 350 g/mol. The Bertz CT molecular complexity index is 695. The highest BCUT2D eigenvalue weighted by Crippen LogP contribution is 2.32. The molecule has 0 bridgehead atoms. The zero-order valence-electron chi connectivity index (χ0n) is 15.8. The van der Waals surface area contributed by atoms with Crippen LogP contribution in [0, 0.1) is 11.3 Å². The van der Waals surface area contributed by atoms with E-state index in [1.165, 1.54) is 0 Å². The molecule has 0 aliphatic rings. The molecule has 4 nitrogen and oxygen atoms in total. The Morgan fingerprint density at radius 3 is 1.88 bits per heavy atom. The van der Waals surface area contributed by atoms with E-state index in [2.05, 4.69) is 6.07 Å². The van der Waals surface area contributed by atoms with Gasteiger partial charge in [0.2, 0.25) is 10.0 Å². The van der Waals surface area contributed by atoms with E-state index in [4.69, 9.17) is 0 Å². The predicted molar refractivity (Wildman–Crippen MR) is 98.7 cm³/mol. The Labute approximate surface area is 147 Å². The predicted octanol–water partition coefficient (Wildman–Crippen LogP) is 4.62. The lowest BCUT2D eigenvalue weighted by molar-refractivity contribution is 0.409. The normalized spacial score (nSPS) is 12.2. The van der Waals surface area contributed by atoms with Gasteiger partial charge in [-0.05, 0) is 47.9 Å². The lowest BCUT2D eigenvalue weighted by Gasteiger charge is -2.25. The number of hydrogen-bond acceptors (Lipinski definition) is 3. The molecule has 0 amide bonds. The third kappa shape index (κ3) is 4.37. The molecular formula is C19H30N2O2S. The van der Waals surface area contributed by atoms with Crippen LogP contribution in [0.3, 0.4) is 0 Å². The maximum atomic E-state index is 13.3. The van der Waals surface area contributed by atoms with E-state index < -0.39 is 10.0 Å². The second kappa shape index (κ2) is 8.64. The Balaban J connectivity index is 3.65. The highest BCUT2D eigenvalue weighted by Gasteiger charge is 2.28. The van der Waals surface area contributed by atoms with Crippen molar-refractivity contribution in [2.24, 2.45) is 0 Å². The third-order valence-corrected chi connectivity index (χ3v) is 6.06. The van der Waals surface area contributed by atoms with Gasteiger partial charge in [0.05, 0.1) is 16.5 Å². The Kier molecular flexibility index (Phi) is 7.44. The molecule has 0 aliphatic heterocycles. The van der Waals surface area contributed by atoms with E-state index in [1.54, 1.807) is 16.4 Å². The second-order valence-electron chi connectivity index (χ2n) is 6.80. The van der Waals surface area contributed by atoms with Gasteiger partial charge in [0.25, 0.3) is 0 Å². The molecule has 0 radical (unpaired) electrons. The fourth-order valence-corrected chi connectivity index (χ4v) is 4.84. The molecule has 0 saturated heterocycles. The zero-order chi connectivity index (χ0) is 18.5. The van der Waals surface area contributed by atoms with Gasteiger partial charge in [-0.15, -0.1) is 0 Å². The van der Waals surface area contributed by atoms with Gasteiger partial charge >= 0.3 is 0 Å². The molecule has 0 heterocycles. The fourth-order valence-electron chi connectivity index (χ4n) is 2.85. The summed E-state index contributed by atoms with van der Waals surface area (Å²) in [4.78, 5) is 0.363. The summed E-state index contributed by atoms with van der Waals surface area (Å²) < 4.78 is 28.1. The van der Waals surface area contributed by atoms with Crippen molar-refractivity contribution in [2.45, 2.75) is 71.1 Å². The van der Waals surface area contributed by atoms with Gasteiger partial charge in [0, 0.05) is 13.1 Å². The molecule has 5 heteroatoms. The lowest BCUT2D eigenvalue weighted by Crippen LogP contribution is -2.33. The summed E-state index contributed by atoms with van der Waals surface area (Å²) >= 11 is 0. The van der Waals surface area contributed by atoms with E-state index >= 15 is 0 Å². The molecule has 1 rings (SSSR count). The molecule has 0 saturated carbocycles. The van der Waals surface area contributed by atoms with Crippen molar-refractivity contribution in [1.29, 1.82) is 5.26 Å². The quantitative estimate of drug-likeness (QED) is 0.687. The maximum Gasteiger partial charge on any atom is 0.243 e. The summed E-state index contributed by atoms with van der Waals surface area (Å²) in [5.74, 6) is 0.133. The average molecular weight is 351 g/mol. The van der Waals surface area contributed by atoms with Crippen molar-refractivity contribution >= 4 is 10.0 Å². The second-order valence-corrected chi connectivity index (χ2v) is 8.71. The molecule has 0 unspecified atom stereocenters. The van der Waals surface area contributed by atoms with E-state index in [1.807, 2.05) is 41.5 Å². The SMILES string of the molecule is CCCN(CCC)S(=O)(=O)c1cc(C(C)C)c(C#N)cc1C(C)C. The molecule has 1 aromatic rings. The van der Waals surface area contributed by atoms with Gasteiger partial charge < -0.3 is 0 Å². The highest BCUT2D eigenvalue weighted by molar-refractivity contribution is 7.89. The van der Waals surface area contributed by atoms with Gasteiger partial charge in [-0.25, -0.2) is 8.42 Å². The summed E-state index contributed by atoms with van der Waals surface area (Å²) in [5, 5.41) is 9.44. The largest absolute Gasteiger partial charge is 0.243 e. The minimum absolute atomic E-state index is 0.0354. The van der Waals surface area contributed by atoms with Gasteiger partial charge in [-0.3, -0.25) is 0 Å². The van der Waals surface area contributed by atoms with Crippen molar-refractivity contribution in [3.05, 3.63) is 28.8 Å². The van der Waals surface area contributed by atoms with Crippen LogP contribution in [0.15, 0.2) is 17.0 Å². The first-order valence-electron chi connectivity index (χ1n) is 8.78. The first kappa shape index (κ1) is 20.7. The van der Waals surface area contributed by atoms with Gasteiger partial charge in [-0.1, -0.05) is 41.5 Å². The maximum absolute atomic E-state index is 13.3. The molecule has 24 heavy (non-hydrogen) atoms. The molecule has 0 spiro atoms. The van der Waals surface area contributed by atoms with Crippen molar-refractivity contribution in [3.63, 3.8) is 0 Å².